The molecule has 106 valence electrons. The standard InChI is InChI=1S/C15H14BrClFNO/c1-19-14(12-3-2-4-13(16)15(12)18)9-20-11-7-5-10(17)6-8-11/h2-8,14,19H,9H2,1H3. The van der Waals surface area contributed by atoms with Crippen LogP contribution in [0, 0.1) is 5.82 Å². The van der Waals surface area contributed by atoms with E-state index in [9.17, 15) is 4.39 Å². The third kappa shape index (κ3) is 3.72. The van der Waals surface area contributed by atoms with Gasteiger partial charge in [-0.2, -0.15) is 0 Å². The van der Waals surface area contributed by atoms with E-state index in [4.69, 9.17) is 16.3 Å². The van der Waals surface area contributed by atoms with Gasteiger partial charge < -0.3 is 10.1 Å². The van der Waals surface area contributed by atoms with E-state index < -0.39 is 0 Å². The number of likely N-dealkylation sites (N-methyl/N-ethyl adjacent to an activating group) is 1. The quantitative estimate of drug-likeness (QED) is 0.844. The summed E-state index contributed by atoms with van der Waals surface area (Å²) in [5.41, 5.74) is 0.566. The molecule has 20 heavy (non-hydrogen) atoms. The van der Waals surface area contributed by atoms with E-state index in [0.29, 0.717) is 27.4 Å². The smallest absolute Gasteiger partial charge is 0.142 e. The lowest BCUT2D eigenvalue weighted by molar-refractivity contribution is 0.269. The summed E-state index contributed by atoms with van der Waals surface area (Å²) in [4.78, 5) is 0. The zero-order valence-corrected chi connectivity index (χ0v) is 13.2. The molecule has 0 fully saturated rings. The molecule has 5 heteroatoms. The number of hydrogen-bond donors (Lipinski definition) is 1. The molecule has 1 atom stereocenters. The summed E-state index contributed by atoms with van der Waals surface area (Å²) in [6.07, 6.45) is 0. The van der Waals surface area contributed by atoms with Gasteiger partial charge in [0.15, 0.2) is 0 Å². The highest BCUT2D eigenvalue weighted by atomic mass is 79.9. The van der Waals surface area contributed by atoms with Gasteiger partial charge in [0.2, 0.25) is 0 Å². The molecule has 0 aliphatic heterocycles. The number of halogens is 3. The van der Waals surface area contributed by atoms with E-state index in [-0.39, 0.29) is 11.9 Å². The van der Waals surface area contributed by atoms with Crippen molar-refractivity contribution in [1.29, 1.82) is 0 Å². The van der Waals surface area contributed by atoms with Crippen LogP contribution in [0.2, 0.25) is 5.02 Å². The molecular formula is C15H14BrClFNO. The van der Waals surface area contributed by atoms with Crippen LogP contribution in [0.5, 0.6) is 5.75 Å². The maximum atomic E-state index is 14.1. The van der Waals surface area contributed by atoms with Crippen LogP contribution in [-0.4, -0.2) is 13.7 Å². The van der Waals surface area contributed by atoms with Crippen molar-refractivity contribution in [2.24, 2.45) is 0 Å². The van der Waals surface area contributed by atoms with Crippen LogP contribution in [-0.2, 0) is 0 Å². The van der Waals surface area contributed by atoms with Gasteiger partial charge in [0, 0.05) is 10.6 Å². The van der Waals surface area contributed by atoms with Crippen LogP contribution in [0.1, 0.15) is 11.6 Å². The first-order chi connectivity index (χ1) is 9.61. The van der Waals surface area contributed by atoms with Crippen LogP contribution in [0.15, 0.2) is 46.9 Å². The molecule has 0 bridgehead atoms. The van der Waals surface area contributed by atoms with Gasteiger partial charge in [-0.15, -0.1) is 0 Å². The summed E-state index contributed by atoms with van der Waals surface area (Å²) in [7, 11) is 1.77. The average molecular weight is 359 g/mol. The molecule has 0 saturated carbocycles. The van der Waals surface area contributed by atoms with Crippen molar-refractivity contribution in [2.75, 3.05) is 13.7 Å². The van der Waals surface area contributed by atoms with Gasteiger partial charge >= 0.3 is 0 Å². The van der Waals surface area contributed by atoms with E-state index in [1.54, 1.807) is 49.5 Å². The fourth-order valence-corrected chi connectivity index (χ4v) is 2.34. The van der Waals surface area contributed by atoms with Crippen LogP contribution in [0.3, 0.4) is 0 Å². The van der Waals surface area contributed by atoms with Crippen molar-refractivity contribution in [2.45, 2.75) is 6.04 Å². The van der Waals surface area contributed by atoms with E-state index in [1.807, 2.05) is 0 Å². The van der Waals surface area contributed by atoms with Crippen LogP contribution in [0.4, 0.5) is 4.39 Å². The van der Waals surface area contributed by atoms with Gasteiger partial charge in [0.1, 0.15) is 18.2 Å². The van der Waals surface area contributed by atoms with Crippen molar-refractivity contribution in [3.8, 4) is 5.75 Å². The van der Waals surface area contributed by atoms with Crippen LogP contribution < -0.4 is 10.1 Å². The third-order valence-electron chi connectivity index (χ3n) is 2.94. The highest BCUT2D eigenvalue weighted by Gasteiger charge is 2.16. The van der Waals surface area contributed by atoms with Gasteiger partial charge in [-0.3, -0.25) is 0 Å². The van der Waals surface area contributed by atoms with Crippen molar-refractivity contribution in [3.63, 3.8) is 0 Å². The number of ether oxygens (including phenoxy) is 1. The molecule has 2 nitrogen and oxygen atoms in total. The zero-order valence-electron chi connectivity index (χ0n) is 10.9. The summed E-state index contributed by atoms with van der Waals surface area (Å²) < 4.78 is 20.2. The Bertz CT molecular complexity index is 577. The molecule has 2 aromatic rings. The Morgan fingerprint density at radius 3 is 2.60 bits per heavy atom. The Hall–Kier alpha value is -1.10. The van der Waals surface area contributed by atoms with Gasteiger partial charge in [-0.1, -0.05) is 23.7 Å². The minimum Gasteiger partial charge on any atom is -0.492 e. The number of nitrogens with one attached hydrogen (secondary N) is 1. The summed E-state index contributed by atoms with van der Waals surface area (Å²) in [6, 6.07) is 12.1. The van der Waals surface area contributed by atoms with Crippen LogP contribution >= 0.6 is 27.5 Å². The molecule has 2 rings (SSSR count). The third-order valence-corrected chi connectivity index (χ3v) is 3.80. The first-order valence-electron chi connectivity index (χ1n) is 6.11. The van der Waals surface area contributed by atoms with E-state index >= 15 is 0 Å². The number of hydrogen-bond acceptors (Lipinski definition) is 2. The predicted octanol–water partition coefficient (Wildman–Crippen LogP) is 4.58. The fraction of sp³-hybridized carbons (Fsp3) is 0.200. The Balaban J connectivity index is 2.09. The lowest BCUT2D eigenvalue weighted by atomic mass is 10.1. The van der Waals surface area contributed by atoms with E-state index in [1.165, 1.54) is 0 Å². The molecule has 2 aromatic carbocycles. The maximum absolute atomic E-state index is 14.1. The summed E-state index contributed by atoms with van der Waals surface area (Å²) in [5, 5.41) is 3.71. The molecule has 0 saturated heterocycles. The normalized spacial score (nSPS) is 12.2. The minimum absolute atomic E-state index is 0.233. The first-order valence-corrected chi connectivity index (χ1v) is 7.28. The molecule has 0 heterocycles. The average Bonchev–Trinajstić information content (AvgIpc) is 2.45. The fourth-order valence-electron chi connectivity index (χ4n) is 1.83. The SMILES string of the molecule is CNC(COc1ccc(Cl)cc1)c1cccc(Br)c1F. The highest BCUT2D eigenvalue weighted by molar-refractivity contribution is 9.10. The zero-order chi connectivity index (χ0) is 14.5. The van der Waals surface area contributed by atoms with Gasteiger partial charge in [0.05, 0.1) is 10.5 Å². The van der Waals surface area contributed by atoms with Crippen molar-refractivity contribution in [3.05, 3.63) is 63.3 Å². The number of benzene rings is 2. The number of rotatable bonds is 5. The second kappa shape index (κ2) is 7.07. The molecule has 0 radical (unpaired) electrons. The largest absolute Gasteiger partial charge is 0.492 e. The monoisotopic (exact) mass is 357 g/mol. The molecule has 0 aliphatic rings. The molecule has 0 aliphatic carbocycles. The Kier molecular flexibility index (Phi) is 5.40. The maximum Gasteiger partial charge on any atom is 0.142 e. The minimum atomic E-state index is -0.272. The molecule has 1 N–H and O–H groups in total. The van der Waals surface area contributed by atoms with E-state index in [0.717, 1.165) is 0 Å². The first kappa shape index (κ1) is 15.3. The van der Waals surface area contributed by atoms with Crippen molar-refractivity contribution in [1.82, 2.24) is 5.32 Å². The lowest BCUT2D eigenvalue weighted by Crippen LogP contribution is -2.24. The highest BCUT2D eigenvalue weighted by Crippen LogP contribution is 2.24. The van der Waals surface area contributed by atoms with Crippen LogP contribution in [0.25, 0.3) is 0 Å². The van der Waals surface area contributed by atoms with Crippen molar-refractivity contribution >= 4 is 27.5 Å². The molecular weight excluding hydrogens is 345 g/mol. The second-order valence-electron chi connectivity index (χ2n) is 4.25. The summed E-state index contributed by atoms with van der Waals surface area (Å²) >= 11 is 9.00. The predicted molar refractivity (Wildman–Crippen MR) is 82.8 cm³/mol. The lowest BCUT2D eigenvalue weighted by Gasteiger charge is -2.18. The Morgan fingerprint density at radius 2 is 1.95 bits per heavy atom. The van der Waals surface area contributed by atoms with Crippen molar-refractivity contribution < 1.29 is 9.13 Å². The van der Waals surface area contributed by atoms with Gasteiger partial charge in [-0.05, 0) is 53.3 Å². The summed E-state index contributed by atoms with van der Waals surface area (Å²) in [5.74, 6) is 0.427. The molecule has 0 aromatic heterocycles. The molecule has 0 spiro atoms. The topological polar surface area (TPSA) is 21.3 Å². The van der Waals surface area contributed by atoms with Gasteiger partial charge in [-0.25, -0.2) is 4.39 Å². The summed E-state index contributed by atoms with van der Waals surface area (Å²) in [6.45, 7) is 0.325. The Labute approximate surface area is 131 Å². The van der Waals surface area contributed by atoms with Gasteiger partial charge in [0.25, 0.3) is 0 Å². The van der Waals surface area contributed by atoms with E-state index in [2.05, 4.69) is 21.2 Å². The molecule has 0 amide bonds. The molecule has 1 unspecified atom stereocenters. The second-order valence-corrected chi connectivity index (χ2v) is 5.54. The Morgan fingerprint density at radius 1 is 1.25 bits per heavy atom.